The number of nitrogens with one attached hydrogen (secondary N) is 1. The van der Waals surface area contributed by atoms with Crippen molar-refractivity contribution < 1.29 is 4.42 Å². The zero-order valence-corrected chi connectivity index (χ0v) is 12.6. The Bertz CT molecular complexity index is 559. The van der Waals surface area contributed by atoms with Crippen LogP contribution in [0.25, 0.3) is 0 Å². The fourth-order valence-corrected chi connectivity index (χ4v) is 2.46. The second-order valence-electron chi connectivity index (χ2n) is 4.66. The largest absolute Gasteiger partial charge is 0.465 e. The summed E-state index contributed by atoms with van der Waals surface area (Å²) < 4.78 is 7.65. The van der Waals surface area contributed by atoms with E-state index in [1.54, 1.807) is 0 Å². The summed E-state index contributed by atoms with van der Waals surface area (Å²) in [5.74, 6) is 1.85. The zero-order chi connectivity index (χ0) is 14.0. The summed E-state index contributed by atoms with van der Waals surface area (Å²) in [5, 5.41) is 8.47. The molecule has 2 rings (SSSR count). The number of aromatic nitrogens is 2. The van der Waals surface area contributed by atoms with E-state index in [4.69, 9.17) is 16.0 Å². The van der Waals surface area contributed by atoms with Gasteiger partial charge >= 0.3 is 0 Å². The van der Waals surface area contributed by atoms with Gasteiger partial charge in [-0.25, -0.2) is 0 Å². The molecule has 0 aliphatic rings. The van der Waals surface area contributed by atoms with E-state index in [1.165, 1.54) is 0 Å². The Morgan fingerprint density at radius 3 is 2.68 bits per heavy atom. The lowest BCUT2D eigenvalue weighted by molar-refractivity contribution is 0.408. The lowest BCUT2D eigenvalue weighted by Crippen LogP contribution is -2.20. The predicted octanol–water partition coefficient (Wildman–Crippen LogP) is 3.27. The van der Waals surface area contributed by atoms with Crippen molar-refractivity contribution in [2.45, 2.75) is 39.8 Å². The zero-order valence-electron chi connectivity index (χ0n) is 11.8. The van der Waals surface area contributed by atoms with Gasteiger partial charge in [-0.05, 0) is 40.0 Å². The van der Waals surface area contributed by atoms with E-state index in [1.807, 2.05) is 37.7 Å². The molecule has 5 heteroatoms. The number of hydrogen-bond donors (Lipinski definition) is 1. The predicted molar refractivity (Wildman–Crippen MR) is 76.6 cm³/mol. The van der Waals surface area contributed by atoms with E-state index < -0.39 is 0 Å². The second-order valence-corrected chi connectivity index (χ2v) is 5.03. The number of halogens is 1. The summed E-state index contributed by atoms with van der Waals surface area (Å²) in [6.45, 7) is 6.77. The van der Waals surface area contributed by atoms with Crippen molar-refractivity contribution in [3.63, 3.8) is 0 Å². The molecule has 1 unspecified atom stereocenters. The van der Waals surface area contributed by atoms with Crippen molar-refractivity contribution in [2.24, 2.45) is 0 Å². The monoisotopic (exact) mass is 281 g/mol. The molecule has 0 aliphatic carbocycles. The number of hydrogen-bond acceptors (Lipinski definition) is 3. The van der Waals surface area contributed by atoms with Crippen LogP contribution < -0.4 is 5.32 Å². The number of rotatable bonds is 5. The number of aryl methyl sites for hydroxylation is 3. The second kappa shape index (κ2) is 5.80. The third-order valence-corrected chi connectivity index (χ3v) is 3.79. The Morgan fingerprint density at radius 1 is 1.42 bits per heavy atom. The SMILES string of the molecule is CCn1nc(C)c(Cl)c1CC(NC)c1ccc(C)o1. The summed E-state index contributed by atoms with van der Waals surface area (Å²) >= 11 is 6.34. The Hall–Kier alpha value is -1.26. The molecule has 0 radical (unpaired) electrons. The van der Waals surface area contributed by atoms with Crippen molar-refractivity contribution in [3.8, 4) is 0 Å². The Labute approximate surface area is 118 Å². The lowest BCUT2D eigenvalue weighted by Gasteiger charge is -2.15. The average Bonchev–Trinajstić information content (AvgIpc) is 2.93. The first-order valence-electron chi connectivity index (χ1n) is 6.52. The minimum absolute atomic E-state index is 0.104. The van der Waals surface area contributed by atoms with Crippen molar-refractivity contribution in [1.29, 1.82) is 0 Å². The quantitative estimate of drug-likeness (QED) is 0.915. The van der Waals surface area contributed by atoms with Crippen LogP contribution in [0.1, 0.15) is 35.9 Å². The fraction of sp³-hybridized carbons (Fsp3) is 0.500. The van der Waals surface area contributed by atoms with Crippen LogP contribution >= 0.6 is 11.6 Å². The first kappa shape index (κ1) is 14.2. The highest BCUT2D eigenvalue weighted by Crippen LogP contribution is 2.26. The smallest absolute Gasteiger partial charge is 0.121 e. The van der Waals surface area contributed by atoms with Gasteiger partial charge in [0.15, 0.2) is 0 Å². The Kier molecular flexibility index (Phi) is 4.32. The number of furan rings is 1. The molecule has 0 saturated heterocycles. The van der Waals surface area contributed by atoms with Gasteiger partial charge in [-0.1, -0.05) is 11.6 Å². The maximum Gasteiger partial charge on any atom is 0.121 e. The maximum absolute atomic E-state index is 6.34. The summed E-state index contributed by atoms with van der Waals surface area (Å²) in [6, 6.07) is 4.08. The Balaban J connectivity index is 2.28. The highest BCUT2D eigenvalue weighted by Gasteiger charge is 2.20. The standard InChI is InChI=1S/C14H20ClN3O/c1-5-18-12(14(15)10(3)17-18)8-11(16-4)13-7-6-9(2)19-13/h6-7,11,16H,5,8H2,1-4H3. The summed E-state index contributed by atoms with van der Waals surface area (Å²) in [5.41, 5.74) is 1.93. The summed E-state index contributed by atoms with van der Waals surface area (Å²) in [4.78, 5) is 0. The van der Waals surface area contributed by atoms with Gasteiger partial charge in [0.05, 0.1) is 22.5 Å². The summed E-state index contributed by atoms with van der Waals surface area (Å²) in [7, 11) is 1.93. The van der Waals surface area contributed by atoms with Gasteiger partial charge in [0.1, 0.15) is 11.5 Å². The number of nitrogens with zero attached hydrogens (tertiary/aromatic N) is 2. The molecule has 0 spiro atoms. The third-order valence-electron chi connectivity index (χ3n) is 3.30. The highest BCUT2D eigenvalue weighted by atomic mass is 35.5. The molecular weight excluding hydrogens is 262 g/mol. The molecule has 2 aromatic rings. The van der Waals surface area contributed by atoms with E-state index in [2.05, 4.69) is 17.3 Å². The van der Waals surface area contributed by atoms with Crippen LogP contribution in [0.3, 0.4) is 0 Å². The van der Waals surface area contributed by atoms with Crippen LogP contribution in [0, 0.1) is 13.8 Å². The third kappa shape index (κ3) is 2.85. The first-order valence-corrected chi connectivity index (χ1v) is 6.90. The van der Waals surface area contributed by atoms with E-state index in [-0.39, 0.29) is 6.04 Å². The van der Waals surface area contributed by atoms with Crippen molar-refractivity contribution in [2.75, 3.05) is 7.05 Å². The van der Waals surface area contributed by atoms with E-state index >= 15 is 0 Å². The van der Waals surface area contributed by atoms with Crippen molar-refractivity contribution in [3.05, 3.63) is 40.1 Å². The van der Waals surface area contributed by atoms with E-state index in [0.717, 1.165) is 40.9 Å². The first-order chi connectivity index (χ1) is 9.06. The Morgan fingerprint density at radius 2 is 2.16 bits per heavy atom. The lowest BCUT2D eigenvalue weighted by atomic mass is 10.1. The molecule has 2 heterocycles. The molecule has 0 saturated carbocycles. The van der Waals surface area contributed by atoms with Crippen LogP contribution in [0.2, 0.25) is 5.02 Å². The maximum atomic E-state index is 6.34. The molecule has 0 aromatic carbocycles. The van der Waals surface area contributed by atoms with E-state index in [9.17, 15) is 0 Å². The molecule has 104 valence electrons. The topological polar surface area (TPSA) is 43.0 Å². The molecule has 0 aliphatic heterocycles. The van der Waals surface area contributed by atoms with Gasteiger partial charge in [0.25, 0.3) is 0 Å². The molecule has 1 N–H and O–H groups in total. The van der Waals surface area contributed by atoms with Crippen LogP contribution in [-0.2, 0) is 13.0 Å². The van der Waals surface area contributed by atoms with Gasteiger partial charge in [-0.15, -0.1) is 0 Å². The summed E-state index contributed by atoms with van der Waals surface area (Å²) in [6.07, 6.45) is 0.761. The van der Waals surface area contributed by atoms with Crippen LogP contribution in [-0.4, -0.2) is 16.8 Å². The van der Waals surface area contributed by atoms with Crippen molar-refractivity contribution in [1.82, 2.24) is 15.1 Å². The molecule has 1 atom stereocenters. The minimum Gasteiger partial charge on any atom is -0.465 e. The molecule has 4 nitrogen and oxygen atoms in total. The van der Waals surface area contributed by atoms with E-state index in [0.29, 0.717) is 0 Å². The van der Waals surface area contributed by atoms with Crippen LogP contribution in [0.15, 0.2) is 16.5 Å². The van der Waals surface area contributed by atoms with Gasteiger partial charge in [0, 0.05) is 13.0 Å². The minimum atomic E-state index is 0.104. The fourth-order valence-electron chi connectivity index (χ4n) is 2.24. The van der Waals surface area contributed by atoms with Crippen LogP contribution in [0.4, 0.5) is 0 Å². The normalized spacial score (nSPS) is 12.9. The van der Waals surface area contributed by atoms with Gasteiger partial charge < -0.3 is 9.73 Å². The molecule has 19 heavy (non-hydrogen) atoms. The molecular formula is C14H20ClN3O. The molecule has 0 fully saturated rings. The van der Waals surface area contributed by atoms with Gasteiger partial charge in [0.2, 0.25) is 0 Å². The van der Waals surface area contributed by atoms with Crippen molar-refractivity contribution >= 4 is 11.6 Å². The highest BCUT2D eigenvalue weighted by molar-refractivity contribution is 6.31. The van der Waals surface area contributed by atoms with Gasteiger partial charge in [-0.3, -0.25) is 4.68 Å². The molecule has 0 amide bonds. The van der Waals surface area contributed by atoms with Gasteiger partial charge in [-0.2, -0.15) is 5.10 Å². The molecule has 0 bridgehead atoms. The molecule has 2 aromatic heterocycles. The number of likely N-dealkylation sites (N-methyl/N-ethyl adjacent to an activating group) is 1. The average molecular weight is 282 g/mol. The van der Waals surface area contributed by atoms with Crippen LogP contribution in [0.5, 0.6) is 0 Å².